The Kier molecular flexibility index (Phi) is 15.9. The molecule has 0 radical (unpaired) electrons. The number of hydrogen-bond donors (Lipinski definition) is 0. The van der Waals surface area contributed by atoms with Crippen LogP contribution in [0.15, 0.2) is 421 Å². The molecule has 0 amide bonds. The molecule has 0 bridgehead atoms. The molecule has 2 heterocycles. The topological polar surface area (TPSA) is 32.8 Å². The third kappa shape index (κ3) is 11.5. The van der Waals surface area contributed by atoms with E-state index in [1.54, 1.807) is 0 Å². The number of benzene rings is 19. The second kappa shape index (κ2) is 27.1. The molecule has 19 aromatic carbocycles. The molecule has 21 aromatic rings. The van der Waals surface area contributed by atoms with Gasteiger partial charge in [0.15, 0.2) is 0 Å². The molecule has 2 aromatic heterocycles. The first-order valence-electron chi connectivity index (χ1n) is 36.9. The summed E-state index contributed by atoms with van der Waals surface area (Å²) in [5.41, 5.74) is 24.5. The molecule has 4 heteroatoms. The first-order chi connectivity index (χ1) is 53.5. The number of fused-ring (bicyclic) bond motifs is 12. The molecular formula is C104H68N2O2. The van der Waals surface area contributed by atoms with Gasteiger partial charge in [0.25, 0.3) is 0 Å². The molecule has 0 N–H and O–H groups in total. The molecule has 0 saturated heterocycles. The summed E-state index contributed by atoms with van der Waals surface area (Å²) in [6.07, 6.45) is 0. The lowest BCUT2D eigenvalue weighted by Crippen LogP contribution is -2.09. The minimum atomic E-state index is 0.909. The van der Waals surface area contributed by atoms with E-state index in [0.29, 0.717) is 0 Å². The average Bonchev–Trinajstić information content (AvgIpc) is 1.60. The fraction of sp³-hybridized carbons (Fsp3) is 0. The third-order valence-electron chi connectivity index (χ3n) is 21.6. The van der Waals surface area contributed by atoms with Gasteiger partial charge in [-0.1, -0.05) is 315 Å². The molecule has 0 atom stereocenters. The summed E-state index contributed by atoms with van der Waals surface area (Å²) in [6.45, 7) is 0. The summed E-state index contributed by atoms with van der Waals surface area (Å²) < 4.78 is 12.8. The van der Waals surface area contributed by atoms with Gasteiger partial charge < -0.3 is 18.6 Å². The maximum Gasteiger partial charge on any atom is 0.143 e. The van der Waals surface area contributed by atoms with Crippen molar-refractivity contribution >= 4 is 132 Å². The fourth-order valence-electron chi connectivity index (χ4n) is 16.2. The maximum absolute atomic E-state index is 6.71. The molecule has 108 heavy (non-hydrogen) atoms. The van der Waals surface area contributed by atoms with E-state index in [2.05, 4.69) is 410 Å². The minimum absolute atomic E-state index is 0.909. The monoisotopic (exact) mass is 1380 g/mol. The molecule has 506 valence electrons. The van der Waals surface area contributed by atoms with Gasteiger partial charge in [0, 0.05) is 66.6 Å². The number of rotatable bonds is 12. The first-order valence-corrected chi connectivity index (χ1v) is 36.9. The number of hydrogen-bond acceptors (Lipinski definition) is 4. The predicted octanol–water partition coefficient (Wildman–Crippen LogP) is 29.9. The molecule has 0 fully saturated rings. The lowest BCUT2D eigenvalue weighted by atomic mass is 9.97. The van der Waals surface area contributed by atoms with Crippen molar-refractivity contribution in [1.82, 2.24) is 0 Å². The second-order valence-corrected chi connectivity index (χ2v) is 27.8. The summed E-state index contributed by atoms with van der Waals surface area (Å²) >= 11 is 0. The molecule has 0 saturated carbocycles. The minimum Gasteiger partial charge on any atom is -0.456 e. The molecule has 0 spiro atoms. The van der Waals surface area contributed by atoms with Crippen LogP contribution >= 0.6 is 0 Å². The van der Waals surface area contributed by atoms with Crippen molar-refractivity contribution in [3.63, 3.8) is 0 Å². The third-order valence-corrected chi connectivity index (χ3v) is 21.6. The van der Waals surface area contributed by atoms with Crippen LogP contribution in [0.2, 0.25) is 0 Å². The lowest BCUT2D eigenvalue weighted by molar-refractivity contribution is 0.669. The van der Waals surface area contributed by atoms with Crippen LogP contribution in [0.1, 0.15) is 0 Å². The molecule has 0 aliphatic rings. The van der Waals surface area contributed by atoms with E-state index >= 15 is 0 Å². The van der Waals surface area contributed by atoms with Crippen molar-refractivity contribution in [2.24, 2.45) is 0 Å². The van der Waals surface area contributed by atoms with Crippen molar-refractivity contribution in [2.45, 2.75) is 0 Å². The molecule has 0 unspecified atom stereocenters. The van der Waals surface area contributed by atoms with Crippen LogP contribution in [0.4, 0.5) is 34.1 Å². The van der Waals surface area contributed by atoms with E-state index in [-0.39, 0.29) is 0 Å². The Hall–Kier alpha value is -14.3. The van der Waals surface area contributed by atoms with Gasteiger partial charge in [0.1, 0.15) is 22.3 Å². The van der Waals surface area contributed by atoms with E-state index in [4.69, 9.17) is 8.83 Å². The quantitative estimate of drug-likeness (QED) is 0.122. The Bertz CT molecular complexity index is 6690. The first kappa shape index (κ1) is 63.4. The maximum atomic E-state index is 6.71. The molecule has 0 aliphatic carbocycles. The van der Waals surface area contributed by atoms with Gasteiger partial charge in [-0.15, -0.1) is 0 Å². The van der Waals surface area contributed by atoms with Gasteiger partial charge in [0.05, 0.1) is 0 Å². The van der Waals surface area contributed by atoms with Crippen LogP contribution in [0.3, 0.4) is 0 Å². The summed E-state index contributed by atoms with van der Waals surface area (Å²) in [5.74, 6) is 0. The number of anilines is 6. The number of para-hydroxylation sites is 2. The van der Waals surface area contributed by atoms with Crippen molar-refractivity contribution in [2.75, 3.05) is 9.80 Å². The Labute approximate surface area is 625 Å². The largest absolute Gasteiger partial charge is 0.456 e. The Morgan fingerprint density at radius 1 is 0.148 bits per heavy atom. The lowest BCUT2D eigenvalue weighted by Gasteiger charge is -2.26. The van der Waals surface area contributed by atoms with Crippen LogP contribution in [0.5, 0.6) is 0 Å². The van der Waals surface area contributed by atoms with Crippen molar-refractivity contribution in [3.8, 4) is 66.8 Å². The van der Waals surface area contributed by atoms with E-state index in [1.807, 2.05) is 12.1 Å². The summed E-state index contributed by atoms with van der Waals surface area (Å²) in [4.78, 5) is 4.69. The van der Waals surface area contributed by atoms with Gasteiger partial charge in [0.2, 0.25) is 0 Å². The Balaban J connectivity index is 0.000000143. The van der Waals surface area contributed by atoms with Crippen molar-refractivity contribution < 1.29 is 8.83 Å². The van der Waals surface area contributed by atoms with E-state index < -0.39 is 0 Å². The highest BCUT2D eigenvalue weighted by atomic mass is 16.3. The van der Waals surface area contributed by atoms with Crippen LogP contribution < -0.4 is 9.80 Å². The molecule has 21 rings (SSSR count). The van der Waals surface area contributed by atoms with Gasteiger partial charge in [-0.2, -0.15) is 0 Å². The highest BCUT2D eigenvalue weighted by molar-refractivity contribution is 6.17. The molecule has 4 nitrogen and oxygen atoms in total. The van der Waals surface area contributed by atoms with E-state index in [1.165, 1.54) is 93.0 Å². The zero-order valence-electron chi connectivity index (χ0n) is 59.0. The second-order valence-electron chi connectivity index (χ2n) is 27.8. The SMILES string of the molecule is c1ccc2c(-c3ccc(N(c4ccc(-c5ccc6oc7ccccc7c6c5)cc4)c4ccc(-c5cccc6ccccc56)cc4)cc3)cccc2c1.c1ccc2c(-c3ccc(N(c4ccc(-c5cccc6ccccc56)cc4)c4ccc(-c5cccc6c5oc5c7ccccc7ccc65)cc4)cc3)cccc2c1. The average molecular weight is 1380 g/mol. The van der Waals surface area contributed by atoms with E-state index in [0.717, 1.165) is 106 Å². The van der Waals surface area contributed by atoms with Crippen molar-refractivity contribution in [3.05, 3.63) is 413 Å². The Morgan fingerprint density at radius 2 is 0.426 bits per heavy atom. The highest BCUT2D eigenvalue weighted by Gasteiger charge is 2.20. The van der Waals surface area contributed by atoms with Crippen molar-refractivity contribution in [1.29, 1.82) is 0 Å². The van der Waals surface area contributed by atoms with Crippen LogP contribution in [0.25, 0.3) is 165 Å². The molecular weight excluding hydrogens is 1310 g/mol. The fourth-order valence-corrected chi connectivity index (χ4v) is 16.2. The van der Waals surface area contributed by atoms with Crippen LogP contribution in [-0.4, -0.2) is 0 Å². The standard InChI is InChI=1S/C54H35NO.C50H33NO/c1-4-15-45-36(10-1)13-7-18-47(45)39-22-29-42(30-23-39)55(43-31-24-40(25-32-43)48-19-8-14-37-11-2-5-16-46(37)48)44-33-26-41(27-34-44)50-20-9-21-51-52-35-28-38-12-3-6-17-49(38)54(52)56-53(50)51;1-3-13-43-35(9-1)11-7-16-45(43)37-21-28-41(29-22-37)51(42-30-23-38(24-31-42)46-17-8-12-36-10-2-4-14-44(36)46)40-26-19-34(20-27-40)39-25-32-50-48(33-39)47-15-5-6-18-49(47)52-50/h1-35H;1-33H. The Morgan fingerprint density at radius 3 is 0.833 bits per heavy atom. The number of furan rings is 2. The summed E-state index contributed by atoms with van der Waals surface area (Å²) in [5, 5.41) is 16.9. The summed E-state index contributed by atoms with van der Waals surface area (Å²) in [6, 6.07) is 148. The zero-order chi connectivity index (χ0) is 71.4. The highest BCUT2D eigenvalue weighted by Crippen LogP contribution is 2.45. The normalized spacial score (nSPS) is 11.5. The van der Waals surface area contributed by atoms with E-state index in [9.17, 15) is 0 Å². The smallest absolute Gasteiger partial charge is 0.143 e. The predicted molar refractivity (Wildman–Crippen MR) is 457 cm³/mol. The summed E-state index contributed by atoms with van der Waals surface area (Å²) in [7, 11) is 0. The van der Waals surface area contributed by atoms with Gasteiger partial charge in [-0.05, 0) is 207 Å². The van der Waals surface area contributed by atoms with Crippen LogP contribution in [0, 0.1) is 0 Å². The number of nitrogens with zero attached hydrogens (tertiary/aromatic N) is 2. The van der Waals surface area contributed by atoms with Gasteiger partial charge >= 0.3 is 0 Å². The van der Waals surface area contributed by atoms with Crippen LogP contribution in [-0.2, 0) is 0 Å². The zero-order valence-corrected chi connectivity index (χ0v) is 59.0. The van der Waals surface area contributed by atoms with Gasteiger partial charge in [-0.25, -0.2) is 0 Å². The molecule has 0 aliphatic heterocycles. The van der Waals surface area contributed by atoms with Gasteiger partial charge in [-0.3, -0.25) is 0 Å².